The summed E-state index contributed by atoms with van der Waals surface area (Å²) in [6, 6.07) is 11.4. The fourth-order valence-corrected chi connectivity index (χ4v) is 5.40. The first-order valence-corrected chi connectivity index (χ1v) is 12.4. The molecular formula is C27H32F3N3O4. The predicted octanol–water partition coefficient (Wildman–Crippen LogP) is 7.31. The number of fused-ring (bicyclic) bond motifs is 1. The average molecular weight is 520 g/mol. The van der Waals surface area contributed by atoms with E-state index in [1.54, 1.807) is 0 Å². The molecule has 37 heavy (non-hydrogen) atoms. The van der Waals surface area contributed by atoms with Crippen LogP contribution in [0.2, 0.25) is 0 Å². The molecule has 2 aromatic carbocycles. The summed E-state index contributed by atoms with van der Waals surface area (Å²) in [5, 5.41) is 12.1. The molecule has 200 valence electrons. The summed E-state index contributed by atoms with van der Waals surface area (Å²) in [6.45, 7) is 7.07. The molecule has 2 N–H and O–H groups in total. The third-order valence-corrected chi connectivity index (χ3v) is 6.54. The molecule has 7 nitrogen and oxygen atoms in total. The molecule has 0 amide bonds. The minimum Gasteiger partial charge on any atom is -0.494 e. The number of hydrogen-bond acceptors (Lipinski definition) is 5. The fraction of sp³-hybridized carbons (Fsp3) is 0.481. The van der Waals surface area contributed by atoms with Gasteiger partial charge in [-0.15, -0.1) is 13.2 Å². The summed E-state index contributed by atoms with van der Waals surface area (Å²) in [6.07, 6.45) is -1.24. The maximum atomic E-state index is 12.5. The Morgan fingerprint density at radius 1 is 1.16 bits per heavy atom. The molecule has 0 unspecified atom stereocenters. The number of aromatic nitrogens is 2. The topological polar surface area (TPSA) is 85.6 Å². The first kappa shape index (κ1) is 26.6. The van der Waals surface area contributed by atoms with E-state index in [9.17, 15) is 18.0 Å². The van der Waals surface area contributed by atoms with Gasteiger partial charge in [-0.05, 0) is 73.4 Å². The molecule has 0 bridgehead atoms. The van der Waals surface area contributed by atoms with E-state index in [-0.39, 0.29) is 30.2 Å². The van der Waals surface area contributed by atoms with Crippen molar-refractivity contribution >= 4 is 28.6 Å². The second-order valence-electron chi connectivity index (χ2n) is 10.6. The van der Waals surface area contributed by atoms with Crippen molar-refractivity contribution in [2.24, 2.45) is 11.3 Å². The van der Waals surface area contributed by atoms with Crippen molar-refractivity contribution in [3.63, 3.8) is 0 Å². The van der Waals surface area contributed by atoms with E-state index in [4.69, 9.17) is 14.8 Å². The number of alkyl halides is 3. The monoisotopic (exact) mass is 519 g/mol. The Kier molecular flexibility index (Phi) is 7.57. The van der Waals surface area contributed by atoms with Gasteiger partial charge in [0.05, 0.1) is 17.6 Å². The maximum absolute atomic E-state index is 12.5. The zero-order chi connectivity index (χ0) is 26.8. The summed E-state index contributed by atoms with van der Waals surface area (Å²) in [7, 11) is 0. The molecule has 4 rings (SSSR count). The summed E-state index contributed by atoms with van der Waals surface area (Å²) >= 11 is 0. The van der Waals surface area contributed by atoms with Gasteiger partial charge in [-0.3, -0.25) is 4.79 Å². The molecule has 0 radical (unpaired) electrons. The number of ether oxygens (including phenoxy) is 2. The Hall–Kier alpha value is -3.43. The number of anilines is 2. The maximum Gasteiger partial charge on any atom is 0.573 e. The molecule has 0 spiro atoms. The molecule has 1 aromatic heterocycles. The van der Waals surface area contributed by atoms with Crippen molar-refractivity contribution < 1.29 is 32.5 Å². The third-order valence-electron chi connectivity index (χ3n) is 6.54. The molecule has 2 atom stereocenters. The van der Waals surface area contributed by atoms with Gasteiger partial charge < -0.3 is 24.5 Å². The number of aliphatic carboxylic acids is 1. The highest BCUT2D eigenvalue weighted by atomic mass is 19.4. The molecule has 1 saturated carbocycles. The van der Waals surface area contributed by atoms with Crippen molar-refractivity contribution in [2.45, 2.75) is 65.3 Å². The van der Waals surface area contributed by atoms with Crippen LogP contribution in [-0.4, -0.2) is 33.6 Å². The number of nitrogens with one attached hydrogen (secondary N) is 1. The van der Waals surface area contributed by atoms with Crippen LogP contribution >= 0.6 is 0 Å². The summed E-state index contributed by atoms with van der Waals surface area (Å²) in [4.78, 5) is 15.6. The molecule has 1 fully saturated rings. The van der Waals surface area contributed by atoms with Crippen LogP contribution in [0.25, 0.3) is 11.0 Å². The van der Waals surface area contributed by atoms with Gasteiger partial charge >= 0.3 is 12.3 Å². The Morgan fingerprint density at radius 2 is 1.86 bits per heavy atom. The van der Waals surface area contributed by atoms with Crippen LogP contribution < -0.4 is 14.8 Å². The van der Waals surface area contributed by atoms with Gasteiger partial charge in [-0.2, -0.15) is 0 Å². The van der Waals surface area contributed by atoms with Gasteiger partial charge in [-0.25, -0.2) is 4.98 Å². The second-order valence-corrected chi connectivity index (χ2v) is 10.6. The average Bonchev–Trinajstić information content (AvgIpc) is 3.12. The van der Waals surface area contributed by atoms with E-state index in [1.807, 2.05) is 18.2 Å². The lowest BCUT2D eigenvalue weighted by Crippen LogP contribution is -2.29. The highest BCUT2D eigenvalue weighted by Gasteiger charge is 2.35. The Balaban J connectivity index is 1.64. The standard InChI is InChI=1S/C27H32F3N3O4/c1-17-13-19(16-26(2,3)15-17)33-23-11-10-21(36-12-4-5-24(34)35)14-22(23)32-25(33)31-18-6-8-20(9-7-18)37-27(28,29)30/h6-11,14,17,19H,4-5,12-13,15-16H2,1-3H3,(H,31,32)(H,34,35)/t17-,19-/m1/s1. The number of carboxylic acids is 1. The third kappa shape index (κ3) is 7.08. The zero-order valence-corrected chi connectivity index (χ0v) is 21.1. The SMILES string of the molecule is C[C@@H]1C[C@@H](n2c(Nc3ccc(OC(F)(F)F)cc3)nc3cc(OCCCC(=O)O)ccc32)CC(C)(C)C1. The minimum atomic E-state index is -4.75. The van der Waals surface area contributed by atoms with Crippen LogP contribution in [0.3, 0.4) is 0 Å². The Labute approximate surface area is 213 Å². The number of hydrogen-bond donors (Lipinski definition) is 2. The molecule has 3 aromatic rings. The van der Waals surface area contributed by atoms with Gasteiger partial charge in [0.1, 0.15) is 11.5 Å². The van der Waals surface area contributed by atoms with Crippen molar-refractivity contribution in [2.75, 3.05) is 11.9 Å². The van der Waals surface area contributed by atoms with E-state index >= 15 is 0 Å². The largest absolute Gasteiger partial charge is 0.573 e. The van der Waals surface area contributed by atoms with Crippen molar-refractivity contribution in [3.05, 3.63) is 42.5 Å². The van der Waals surface area contributed by atoms with Crippen molar-refractivity contribution in [1.29, 1.82) is 0 Å². The number of imidazole rings is 1. The lowest BCUT2D eigenvalue weighted by Gasteiger charge is -2.40. The van der Waals surface area contributed by atoms with Gasteiger partial charge in [0, 0.05) is 24.2 Å². The van der Waals surface area contributed by atoms with Gasteiger partial charge in [0.25, 0.3) is 0 Å². The van der Waals surface area contributed by atoms with Crippen molar-refractivity contribution in [3.8, 4) is 11.5 Å². The Morgan fingerprint density at radius 3 is 2.51 bits per heavy atom. The van der Waals surface area contributed by atoms with Gasteiger partial charge in [-0.1, -0.05) is 20.8 Å². The number of rotatable bonds is 9. The second kappa shape index (κ2) is 10.5. The summed E-state index contributed by atoms with van der Waals surface area (Å²) in [5.41, 5.74) is 2.37. The molecule has 1 aliphatic carbocycles. The van der Waals surface area contributed by atoms with Crippen molar-refractivity contribution in [1.82, 2.24) is 9.55 Å². The fourth-order valence-electron chi connectivity index (χ4n) is 5.40. The first-order valence-electron chi connectivity index (χ1n) is 12.4. The van der Waals surface area contributed by atoms with E-state index in [1.165, 1.54) is 24.3 Å². The van der Waals surface area contributed by atoms with Crippen LogP contribution in [0.4, 0.5) is 24.8 Å². The molecule has 0 saturated heterocycles. The molecule has 10 heteroatoms. The molecule has 0 aliphatic heterocycles. The zero-order valence-electron chi connectivity index (χ0n) is 21.1. The highest BCUT2D eigenvalue weighted by Crippen LogP contribution is 2.46. The van der Waals surface area contributed by atoms with Crippen LogP contribution in [0.15, 0.2) is 42.5 Å². The number of halogens is 3. The number of carbonyl (C=O) groups is 1. The lowest BCUT2D eigenvalue weighted by molar-refractivity contribution is -0.274. The van der Waals surface area contributed by atoms with Crippen LogP contribution in [0, 0.1) is 11.3 Å². The van der Waals surface area contributed by atoms with Crippen LogP contribution in [0.1, 0.15) is 58.9 Å². The summed E-state index contributed by atoms with van der Waals surface area (Å²) in [5.74, 6) is 0.558. The number of benzene rings is 2. The minimum absolute atomic E-state index is 0.0351. The van der Waals surface area contributed by atoms with Gasteiger partial charge in [0.2, 0.25) is 5.95 Å². The Bertz CT molecular complexity index is 1240. The highest BCUT2D eigenvalue weighted by molar-refractivity contribution is 5.81. The predicted molar refractivity (Wildman–Crippen MR) is 134 cm³/mol. The van der Waals surface area contributed by atoms with Gasteiger partial charge in [0.15, 0.2) is 0 Å². The quantitative estimate of drug-likeness (QED) is 0.288. The lowest BCUT2D eigenvalue weighted by atomic mass is 9.70. The van der Waals surface area contributed by atoms with E-state index in [2.05, 4.69) is 35.4 Å². The first-order chi connectivity index (χ1) is 17.4. The van der Waals surface area contributed by atoms with Crippen LogP contribution in [-0.2, 0) is 4.79 Å². The molecular weight excluding hydrogens is 487 g/mol. The van der Waals surface area contributed by atoms with E-state index in [0.29, 0.717) is 35.2 Å². The normalized spacial score (nSPS) is 19.5. The van der Waals surface area contributed by atoms with E-state index < -0.39 is 12.3 Å². The van der Waals surface area contributed by atoms with E-state index in [0.717, 1.165) is 24.8 Å². The number of nitrogens with zero attached hydrogens (tertiary/aromatic N) is 2. The molecule has 1 aliphatic rings. The molecule has 1 heterocycles. The number of carboxylic acid groups (broad SMARTS) is 1. The summed E-state index contributed by atoms with van der Waals surface area (Å²) < 4.78 is 49.5. The smallest absolute Gasteiger partial charge is 0.494 e. The van der Waals surface area contributed by atoms with Crippen LogP contribution in [0.5, 0.6) is 11.5 Å².